The molecule has 2 atom stereocenters. The van der Waals surface area contributed by atoms with E-state index in [-0.39, 0.29) is 17.7 Å². The van der Waals surface area contributed by atoms with Gasteiger partial charge in [0.1, 0.15) is 5.82 Å². The topological polar surface area (TPSA) is 88.1 Å². The van der Waals surface area contributed by atoms with E-state index < -0.39 is 0 Å². The molecule has 3 aliphatic rings. The minimum Gasteiger partial charge on any atom is -0.297 e. The van der Waals surface area contributed by atoms with Crippen molar-refractivity contribution in [2.24, 2.45) is 17.8 Å². The smallest absolute Gasteiger partial charge is 0.259 e. The number of hydrogen-bond donors (Lipinski definition) is 1. The van der Waals surface area contributed by atoms with Crippen LogP contribution in [0.4, 0.5) is 10.9 Å². The fourth-order valence-corrected chi connectivity index (χ4v) is 4.24. The van der Waals surface area contributed by atoms with Gasteiger partial charge in [0.05, 0.1) is 5.56 Å². The number of rotatable bonds is 3. The van der Waals surface area contributed by atoms with Gasteiger partial charge in [0, 0.05) is 24.6 Å². The third-order valence-corrected chi connectivity index (χ3v) is 6.37. The molecule has 3 heterocycles. The highest BCUT2D eigenvalue weighted by atomic mass is 32.1. The summed E-state index contributed by atoms with van der Waals surface area (Å²) in [5, 5.41) is 11.7. The van der Waals surface area contributed by atoms with Gasteiger partial charge in [-0.25, -0.2) is 4.98 Å². The molecule has 1 saturated heterocycles. The summed E-state index contributed by atoms with van der Waals surface area (Å²) in [6, 6.07) is 3.42. The number of fused-ring (bicyclic) bond motifs is 1. The minimum absolute atomic E-state index is 0.160. The standard InChI is InChI=1S/C20H19N5O2S/c26-18(22-20-24-23-17(28-20)8-3-12-1-2-12)14-5-7-16(21-11-14)25-10-9-13-4-6-15(13)19(25)27/h5,7,11-13,15H,1-2,4,6,9-10H2,(H,22,24,26). The Labute approximate surface area is 166 Å². The summed E-state index contributed by atoms with van der Waals surface area (Å²) in [4.78, 5) is 31.1. The van der Waals surface area contributed by atoms with Crippen LogP contribution in [0.5, 0.6) is 0 Å². The Kier molecular flexibility index (Phi) is 4.32. The molecular weight excluding hydrogens is 374 g/mol. The van der Waals surface area contributed by atoms with E-state index in [0.29, 0.717) is 39.9 Å². The number of nitrogens with zero attached hydrogens (tertiary/aromatic N) is 4. The number of amides is 2. The lowest BCUT2D eigenvalue weighted by Gasteiger charge is -2.43. The number of anilines is 2. The lowest BCUT2D eigenvalue weighted by molar-refractivity contribution is -0.129. The first-order valence-corrected chi connectivity index (χ1v) is 10.4. The second-order valence-electron chi connectivity index (χ2n) is 7.54. The van der Waals surface area contributed by atoms with Crippen molar-refractivity contribution in [2.75, 3.05) is 16.8 Å². The van der Waals surface area contributed by atoms with Crippen molar-refractivity contribution in [3.05, 3.63) is 28.9 Å². The van der Waals surface area contributed by atoms with Crippen LogP contribution in [0.1, 0.15) is 47.5 Å². The molecule has 2 amide bonds. The van der Waals surface area contributed by atoms with Crippen LogP contribution in [0, 0.1) is 29.6 Å². The average molecular weight is 393 g/mol. The molecular formula is C20H19N5O2S. The molecule has 2 saturated carbocycles. The summed E-state index contributed by atoms with van der Waals surface area (Å²) < 4.78 is 0. The number of hydrogen-bond acceptors (Lipinski definition) is 6. The second-order valence-corrected chi connectivity index (χ2v) is 8.52. The Morgan fingerprint density at radius 2 is 2.07 bits per heavy atom. The maximum absolute atomic E-state index is 12.5. The summed E-state index contributed by atoms with van der Waals surface area (Å²) in [5.41, 5.74) is 0.413. The van der Waals surface area contributed by atoms with Crippen LogP contribution in [0.25, 0.3) is 0 Å². The van der Waals surface area contributed by atoms with Gasteiger partial charge in [-0.05, 0) is 56.1 Å². The van der Waals surface area contributed by atoms with E-state index in [2.05, 4.69) is 32.3 Å². The number of pyridine rings is 1. The van der Waals surface area contributed by atoms with Gasteiger partial charge in [-0.1, -0.05) is 17.3 Å². The van der Waals surface area contributed by atoms with Crippen LogP contribution in [0.15, 0.2) is 18.3 Å². The Morgan fingerprint density at radius 3 is 2.79 bits per heavy atom. The van der Waals surface area contributed by atoms with E-state index in [0.717, 1.165) is 32.1 Å². The number of aromatic nitrogens is 3. The van der Waals surface area contributed by atoms with Gasteiger partial charge in [0.25, 0.3) is 5.91 Å². The van der Waals surface area contributed by atoms with Crippen molar-refractivity contribution in [1.29, 1.82) is 0 Å². The maximum atomic E-state index is 12.5. The zero-order chi connectivity index (χ0) is 19.1. The predicted molar refractivity (Wildman–Crippen MR) is 105 cm³/mol. The number of nitrogens with one attached hydrogen (secondary N) is 1. The lowest BCUT2D eigenvalue weighted by Crippen LogP contribution is -2.50. The van der Waals surface area contributed by atoms with Crippen LogP contribution in [-0.2, 0) is 4.79 Å². The fourth-order valence-electron chi connectivity index (χ4n) is 3.64. The van der Waals surface area contributed by atoms with Crippen molar-refractivity contribution in [1.82, 2.24) is 15.2 Å². The fraction of sp³-hybridized carbons (Fsp3) is 0.450. The SMILES string of the molecule is O=C(Nc1nnc(C#CC2CC2)s1)c1ccc(N2CCC3CCC3C2=O)nc1. The molecule has 2 aromatic rings. The molecule has 28 heavy (non-hydrogen) atoms. The van der Waals surface area contributed by atoms with Gasteiger partial charge in [0.15, 0.2) is 5.01 Å². The number of carbonyl (C=O) groups excluding carboxylic acids is 2. The van der Waals surface area contributed by atoms with Crippen molar-refractivity contribution < 1.29 is 9.59 Å². The summed E-state index contributed by atoms with van der Waals surface area (Å²) >= 11 is 1.26. The summed E-state index contributed by atoms with van der Waals surface area (Å²) in [7, 11) is 0. The lowest BCUT2D eigenvalue weighted by atomic mass is 9.69. The molecule has 3 fully saturated rings. The highest BCUT2D eigenvalue weighted by Crippen LogP contribution is 2.42. The average Bonchev–Trinajstić information content (AvgIpc) is 3.40. The predicted octanol–water partition coefficient (Wildman–Crippen LogP) is 2.71. The zero-order valence-electron chi connectivity index (χ0n) is 15.2. The third kappa shape index (κ3) is 3.38. The summed E-state index contributed by atoms with van der Waals surface area (Å²) in [6.07, 6.45) is 6.99. The molecule has 8 heteroatoms. The van der Waals surface area contributed by atoms with Crippen LogP contribution in [-0.4, -0.2) is 33.5 Å². The van der Waals surface area contributed by atoms with Crippen LogP contribution >= 0.6 is 11.3 Å². The van der Waals surface area contributed by atoms with Crippen molar-refractivity contribution >= 4 is 34.1 Å². The molecule has 1 N–H and O–H groups in total. The van der Waals surface area contributed by atoms with E-state index >= 15 is 0 Å². The normalized spacial score (nSPS) is 23.3. The van der Waals surface area contributed by atoms with E-state index in [1.54, 1.807) is 17.0 Å². The first-order valence-electron chi connectivity index (χ1n) is 9.61. The Balaban J connectivity index is 1.23. The van der Waals surface area contributed by atoms with Gasteiger partial charge in [0.2, 0.25) is 11.0 Å². The molecule has 0 spiro atoms. The van der Waals surface area contributed by atoms with Gasteiger partial charge < -0.3 is 0 Å². The molecule has 2 aromatic heterocycles. The largest absolute Gasteiger partial charge is 0.297 e. The minimum atomic E-state index is -0.305. The van der Waals surface area contributed by atoms with Crippen LogP contribution in [0.2, 0.25) is 0 Å². The molecule has 7 nitrogen and oxygen atoms in total. The van der Waals surface area contributed by atoms with Crippen molar-refractivity contribution in [3.8, 4) is 11.8 Å². The molecule has 0 aromatic carbocycles. The van der Waals surface area contributed by atoms with Gasteiger partial charge >= 0.3 is 0 Å². The highest BCUT2D eigenvalue weighted by molar-refractivity contribution is 7.15. The number of carbonyl (C=O) groups is 2. The summed E-state index contributed by atoms with van der Waals surface area (Å²) in [6.45, 7) is 0.702. The third-order valence-electron chi connectivity index (χ3n) is 5.62. The van der Waals surface area contributed by atoms with Crippen LogP contribution < -0.4 is 10.2 Å². The Bertz CT molecular complexity index is 986. The van der Waals surface area contributed by atoms with E-state index in [1.165, 1.54) is 17.5 Å². The molecule has 2 aliphatic carbocycles. The second kappa shape index (κ2) is 6.99. The molecule has 142 valence electrons. The molecule has 0 bridgehead atoms. The van der Waals surface area contributed by atoms with Crippen molar-refractivity contribution in [3.63, 3.8) is 0 Å². The molecule has 5 rings (SSSR count). The molecule has 2 unspecified atom stereocenters. The van der Waals surface area contributed by atoms with E-state index in [1.807, 2.05) is 0 Å². The van der Waals surface area contributed by atoms with Gasteiger partial charge in [-0.15, -0.1) is 10.2 Å². The first kappa shape index (κ1) is 17.3. The Hall–Kier alpha value is -2.79. The maximum Gasteiger partial charge on any atom is 0.259 e. The first-order chi connectivity index (χ1) is 13.7. The quantitative estimate of drug-likeness (QED) is 0.810. The zero-order valence-corrected chi connectivity index (χ0v) is 16.0. The Morgan fingerprint density at radius 1 is 1.18 bits per heavy atom. The highest BCUT2D eigenvalue weighted by Gasteiger charge is 2.43. The van der Waals surface area contributed by atoms with Crippen LogP contribution in [0.3, 0.4) is 0 Å². The molecule has 0 radical (unpaired) electrons. The summed E-state index contributed by atoms with van der Waals surface area (Å²) in [5.74, 6) is 7.80. The number of piperidine rings is 1. The molecule has 1 aliphatic heterocycles. The van der Waals surface area contributed by atoms with Gasteiger partial charge in [-0.2, -0.15) is 0 Å². The van der Waals surface area contributed by atoms with Crippen molar-refractivity contribution in [2.45, 2.75) is 32.1 Å². The van der Waals surface area contributed by atoms with Gasteiger partial charge in [-0.3, -0.25) is 19.8 Å². The monoisotopic (exact) mass is 393 g/mol. The van der Waals surface area contributed by atoms with E-state index in [9.17, 15) is 9.59 Å². The van der Waals surface area contributed by atoms with E-state index in [4.69, 9.17) is 0 Å².